The summed E-state index contributed by atoms with van der Waals surface area (Å²) in [5.41, 5.74) is -0.119. The smallest absolute Gasteiger partial charge is 0.287 e. The number of allylic oxidation sites excluding steroid dienone is 1. The average Bonchev–Trinajstić information content (AvgIpc) is 2.94. The molecule has 2 heterocycles. The molecule has 0 spiro atoms. The zero-order valence-corrected chi connectivity index (χ0v) is 23.0. The van der Waals surface area contributed by atoms with Crippen LogP contribution >= 0.6 is 0 Å². The number of anilines is 1. The van der Waals surface area contributed by atoms with Crippen molar-refractivity contribution in [2.75, 3.05) is 51.8 Å². The number of pyridine rings is 1. The quantitative estimate of drug-likeness (QED) is 0.158. The second-order valence-electron chi connectivity index (χ2n) is 8.81. The Balaban J connectivity index is 1.47. The SMILES string of the molecule is COc1ccc(S(=O)(=O)N(CCO)CCO[C@H]2C[C@@H](C)C=C(C(=O)NCCNc3ccc([N+](=O)[O-])cn3)O2)cc1. The molecule has 0 saturated carbocycles. The molecule has 218 valence electrons. The second kappa shape index (κ2) is 14.6. The van der Waals surface area contributed by atoms with Crippen LogP contribution in [0.15, 0.2) is 59.3 Å². The summed E-state index contributed by atoms with van der Waals surface area (Å²) in [5, 5.41) is 25.8. The maximum atomic E-state index is 13.0. The van der Waals surface area contributed by atoms with Crippen LogP contribution in [0.5, 0.6) is 5.75 Å². The third kappa shape index (κ3) is 8.61. The van der Waals surface area contributed by atoms with E-state index in [4.69, 9.17) is 14.2 Å². The minimum absolute atomic E-state index is 0.0200. The maximum absolute atomic E-state index is 13.0. The highest BCUT2D eigenvalue weighted by molar-refractivity contribution is 7.89. The molecule has 0 fully saturated rings. The van der Waals surface area contributed by atoms with Crippen molar-refractivity contribution in [3.05, 3.63) is 64.5 Å². The summed E-state index contributed by atoms with van der Waals surface area (Å²) in [4.78, 5) is 26.8. The molecule has 3 rings (SSSR count). The summed E-state index contributed by atoms with van der Waals surface area (Å²) < 4.78 is 43.8. The fourth-order valence-corrected chi connectivity index (χ4v) is 5.20. The molecular formula is C25H33N5O9S. The van der Waals surface area contributed by atoms with Crippen LogP contribution in [-0.4, -0.2) is 86.4 Å². The number of aromatic nitrogens is 1. The molecule has 40 heavy (non-hydrogen) atoms. The van der Waals surface area contributed by atoms with Crippen LogP contribution < -0.4 is 15.4 Å². The third-order valence-corrected chi connectivity index (χ3v) is 7.76. The second-order valence-corrected chi connectivity index (χ2v) is 10.7. The van der Waals surface area contributed by atoms with Crippen LogP contribution in [0.4, 0.5) is 11.5 Å². The lowest BCUT2D eigenvalue weighted by molar-refractivity contribution is -0.385. The highest BCUT2D eigenvalue weighted by Gasteiger charge is 2.28. The van der Waals surface area contributed by atoms with Crippen LogP contribution in [0.3, 0.4) is 0 Å². The van der Waals surface area contributed by atoms with E-state index in [1.807, 2.05) is 6.92 Å². The van der Waals surface area contributed by atoms with Gasteiger partial charge in [-0.05, 0) is 42.3 Å². The van der Waals surface area contributed by atoms with Crippen molar-refractivity contribution in [2.24, 2.45) is 5.92 Å². The fourth-order valence-electron chi connectivity index (χ4n) is 3.79. The molecule has 3 N–H and O–H groups in total. The number of amides is 1. The van der Waals surface area contributed by atoms with E-state index in [0.29, 0.717) is 24.5 Å². The number of carbonyl (C=O) groups is 1. The van der Waals surface area contributed by atoms with Gasteiger partial charge in [0.2, 0.25) is 16.3 Å². The summed E-state index contributed by atoms with van der Waals surface area (Å²) in [6.45, 7) is 1.93. The Hall–Kier alpha value is -3.79. The Morgan fingerprint density at radius 1 is 1.23 bits per heavy atom. The van der Waals surface area contributed by atoms with Gasteiger partial charge in [0.15, 0.2) is 5.76 Å². The predicted octanol–water partition coefficient (Wildman–Crippen LogP) is 1.49. The average molecular weight is 580 g/mol. The lowest BCUT2D eigenvalue weighted by Gasteiger charge is -2.28. The lowest BCUT2D eigenvalue weighted by Crippen LogP contribution is -2.38. The van der Waals surface area contributed by atoms with Crippen LogP contribution in [0.25, 0.3) is 0 Å². The number of sulfonamides is 1. The van der Waals surface area contributed by atoms with E-state index in [1.165, 1.54) is 31.4 Å². The van der Waals surface area contributed by atoms with Crippen molar-refractivity contribution in [1.29, 1.82) is 0 Å². The molecule has 0 radical (unpaired) electrons. The van der Waals surface area contributed by atoms with Gasteiger partial charge in [0.25, 0.3) is 11.6 Å². The summed E-state index contributed by atoms with van der Waals surface area (Å²) in [5.74, 6) is 0.570. The van der Waals surface area contributed by atoms with Crippen LogP contribution in [-0.2, 0) is 24.3 Å². The minimum Gasteiger partial charge on any atom is -0.497 e. The predicted molar refractivity (Wildman–Crippen MR) is 144 cm³/mol. The maximum Gasteiger partial charge on any atom is 0.287 e. The van der Waals surface area contributed by atoms with Crippen molar-refractivity contribution in [2.45, 2.75) is 24.5 Å². The molecule has 0 bridgehead atoms. The summed E-state index contributed by atoms with van der Waals surface area (Å²) >= 11 is 0. The van der Waals surface area contributed by atoms with Crippen molar-refractivity contribution >= 4 is 27.4 Å². The topological polar surface area (TPSA) is 182 Å². The van der Waals surface area contributed by atoms with Crippen molar-refractivity contribution < 1.29 is 37.5 Å². The number of methoxy groups -OCH3 is 1. The standard InChI is InChI=1S/C25H33N5O9S/c1-18-15-22(25(32)27-10-9-26-23-8-3-19(17-28-23)30(33)34)39-24(16-18)38-14-12-29(11-13-31)40(35,36)21-6-4-20(37-2)5-7-21/h3-8,15,17-18,24,31H,9-14,16H2,1-2H3,(H,26,28)(H,27,32)/t18-,24+/m0/s1. The number of aliphatic hydroxyl groups is 1. The van der Waals surface area contributed by atoms with Crippen molar-refractivity contribution in [3.63, 3.8) is 0 Å². The molecule has 2 atom stereocenters. The van der Waals surface area contributed by atoms with E-state index < -0.39 is 27.1 Å². The molecular weight excluding hydrogens is 546 g/mol. The van der Waals surface area contributed by atoms with Crippen molar-refractivity contribution in [1.82, 2.24) is 14.6 Å². The zero-order chi connectivity index (χ0) is 29.1. The van der Waals surface area contributed by atoms with Crippen LogP contribution in [0, 0.1) is 16.0 Å². The van der Waals surface area contributed by atoms with E-state index in [-0.39, 0.29) is 55.1 Å². The van der Waals surface area contributed by atoms with Crippen LogP contribution in [0.1, 0.15) is 13.3 Å². The molecule has 15 heteroatoms. The lowest BCUT2D eigenvalue weighted by atomic mass is 10.0. The molecule has 0 saturated heterocycles. The summed E-state index contributed by atoms with van der Waals surface area (Å²) in [6.07, 6.45) is 2.53. The third-order valence-electron chi connectivity index (χ3n) is 5.85. The van der Waals surface area contributed by atoms with E-state index in [0.717, 1.165) is 10.5 Å². The molecule has 14 nitrogen and oxygen atoms in total. The number of ether oxygens (including phenoxy) is 3. The monoisotopic (exact) mass is 579 g/mol. The fraction of sp³-hybridized carbons (Fsp3) is 0.440. The van der Waals surface area contributed by atoms with Gasteiger partial charge in [-0.15, -0.1) is 0 Å². The summed E-state index contributed by atoms with van der Waals surface area (Å²) in [6, 6.07) is 8.74. The van der Waals surface area contributed by atoms with Gasteiger partial charge in [0.05, 0.1) is 30.1 Å². The number of nitrogens with zero attached hydrogens (tertiary/aromatic N) is 3. The first kappa shape index (κ1) is 30.7. The first-order valence-corrected chi connectivity index (χ1v) is 14.0. The number of carbonyl (C=O) groups excluding carboxylic acids is 1. The normalized spacial score (nSPS) is 17.1. The number of nitro groups is 1. The minimum atomic E-state index is -3.88. The number of benzene rings is 1. The molecule has 1 aliphatic rings. The van der Waals surface area contributed by atoms with E-state index in [9.17, 15) is 28.4 Å². The van der Waals surface area contributed by atoms with Crippen LogP contribution in [0.2, 0.25) is 0 Å². The van der Waals surface area contributed by atoms with E-state index in [1.54, 1.807) is 18.2 Å². The largest absolute Gasteiger partial charge is 0.497 e. The van der Waals surface area contributed by atoms with Gasteiger partial charge in [-0.1, -0.05) is 6.92 Å². The van der Waals surface area contributed by atoms with Gasteiger partial charge in [0.1, 0.15) is 17.8 Å². The highest BCUT2D eigenvalue weighted by atomic mass is 32.2. The molecule has 0 aliphatic carbocycles. The number of rotatable bonds is 15. The Bertz CT molecular complexity index is 1270. The van der Waals surface area contributed by atoms with Gasteiger partial charge in [0, 0.05) is 38.7 Å². The molecule has 1 aromatic heterocycles. The Kier molecular flexibility index (Phi) is 11.2. The number of aliphatic hydroxyl groups excluding tert-OH is 1. The number of nitrogens with one attached hydrogen (secondary N) is 2. The molecule has 0 unspecified atom stereocenters. The van der Waals surface area contributed by atoms with Gasteiger partial charge in [-0.2, -0.15) is 4.31 Å². The number of hydrogen-bond donors (Lipinski definition) is 3. The van der Waals surface area contributed by atoms with Crippen molar-refractivity contribution in [3.8, 4) is 5.75 Å². The van der Waals surface area contributed by atoms with E-state index >= 15 is 0 Å². The van der Waals surface area contributed by atoms with Gasteiger partial charge in [-0.3, -0.25) is 14.9 Å². The molecule has 1 aliphatic heterocycles. The summed E-state index contributed by atoms with van der Waals surface area (Å²) in [7, 11) is -2.40. The Morgan fingerprint density at radius 2 is 1.98 bits per heavy atom. The Labute approximate surface area is 232 Å². The zero-order valence-electron chi connectivity index (χ0n) is 22.2. The highest BCUT2D eigenvalue weighted by Crippen LogP contribution is 2.24. The molecule has 1 amide bonds. The Morgan fingerprint density at radius 3 is 2.60 bits per heavy atom. The van der Waals surface area contributed by atoms with Gasteiger partial charge < -0.3 is 30.0 Å². The first-order chi connectivity index (χ1) is 19.1. The van der Waals surface area contributed by atoms with Gasteiger partial charge in [-0.25, -0.2) is 13.4 Å². The van der Waals surface area contributed by atoms with Gasteiger partial charge >= 0.3 is 0 Å². The van der Waals surface area contributed by atoms with E-state index in [2.05, 4.69) is 15.6 Å². The molecule has 2 aromatic rings. The first-order valence-electron chi connectivity index (χ1n) is 12.5. The molecule has 1 aromatic carbocycles. The number of hydrogen-bond acceptors (Lipinski definition) is 11.